The molecule has 9 heteroatoms. The van der Waals surface area contributed by atoms with E-state index in [4.69, 9.17) is 9.40 Å². The Bertz CT molecular complexity index is 3380. The van der Waals surface area contributed by atoms with E-state index in [2.05, 4.69) is 143 Å². The quantitative estimate of drug-likeness (QED) is 0.123. The van der Waals surface area contributed by atoms with Crippen LogP contribution in [-0.4, -0.2) is 27.8 Å². The van der Waals surface area contributed by atoms with E-state index in [1.807, 2.05) is 36.4 Å². The van der Waals surface area contributed by atoms with Gasteiger partial charge in [-0.2, -0.15) is 5.26 Å². The fourth-order valence-electron chi connectivity index (χ4n) is 9.56. The van der Waals surface area contributed by atoms with Gasteiger partial charge in [0.1, 0.15) is 11.4 Å². The molecule has 0 aliphatic heterocycles. The Kier molecular flexibility index (Phi) is 12.6. The molecule has 10 rings (SSSR count). The van der Waals surface area contributed by atoms with Crippen molar-refractivity contribution in [3.05, 3.63) is 167 Å². The molecule has 0 saturated heterocycles. The summed E-state index contributed by atoms with van der Waals surface area (Å²) >= 11 is -1.94. The van der Waals surface area contributed by atoms with Gasteiger partial charge in [-0.1, -0.05) is 50.8 Å². The third kappa shape index (κ3) is 8.17. The van der Waals surface area contributed by atoms with Crippen molar-refractivity contribution in [3.8, 4) is 45.5 Å². The molecule has 341 valence electrons. The first kappa shape index (κ1) is 47.8. The Labute approximate surface area is 409 Å². The van der Waals surface area contributed by atoms with Crippen molar-refractivity contribution in [3.63, 3.8) is 0 Å². The van der Waals surface area contributed by atoms with Crippen molar-refractivity contribution in [2.45, 2.75) is 95.3 Å². The number of pyridine rings is 1. The average molecular weight is 1130 g/mol. The minimum atomic E-state index is -1.94. The van der Waals surface area contributed by atoms with Gasteiger partial charge in [0.25, 0.3) is 0 Å². The van der Waals surface area contributed by atoms with Crippen LogP contribution in [0.1, 0.15) is 95.0 Å². The molecule has 0 atom stereocenters. The van der Waals surface area contributed by atoms with E-state index in [9.17, 15) is 9.65 Å². The van der Waals surface area contributed by atoms with Gasteiger partial charge >= 0.3 is 201 Å². The molecule has 1 radical (unpaired) electrons. The fraction of sp³-hybridized carbons (Fsp3) is 0.259. The standard InChI is InChI=1S/C41H37FGeN3O.C17H17FN.Ir/c1-24(2)32-21-28(27-15-17-29(18-16-27)43(5,6)7)22-33(25(3)4)39(32)46-36-14-9-8-13-35(36)45-41(46)31-12-10-11-30-38-34(42)19-26(23-44)20-37(38)47-40(30)31;1-16(2)13-6-5-9-19-15(13)12-8-7-11(18)10-14(12)17(16,3)4;/h8-11,13-22,24-25H,1-7H3;5-7,9-10H,1-4H3;/q2*-1;. The van der Waals surface area contributed by atoms with Gasteiger partial charge in [-0.25, -0.2) is 4.39 Å². The van der Waals surface area contributed by atoms with Crippen molar-refractivity contribution >= 4 is 50.6 Å². The number of nitriles is 1. The van der Waals surface area contributed by atoms with Crippen molar-refractivity contribution in [1.82, 2.24) is 14.5 Å². The number of furan rings is 1. The van der Waals surface area contributed by atoms with Crippen molar-refractivity contribution in [2.24, 2.45) is 0 Å². The van der Waals surface area contributed by atoms with Crippen LogP contribution in [0.4, 0.5) is 8.78 Å². The summed E-state index contributed by atoms with van der Waals surface area (Å²) < 4.78 is 39.0. The van der Waals surface area contributed by atoms with Crippen molar-refractivity contribution in [1.29, 1.82) is 5.26 Å². The van der Waals surface area contributed by atoms with E-state index in [-0.39, 0.29) is 54.2 Å². The number of benzene rings is 6. The van der Waals surface area contributed by atoms with Gasteiger partial charge in [0, 0.05) is 37.5 Å². The van der Waals surface area contributed by atoms with Gasteiger partial charge < -0.3 is 9.40 Å². The Hall–Kier alpha value is -5.72. The number of halogens is 2. The second-order valence-electron chi connectivity index (χ2n) is 20.3. The van der Waals surface area contributed by atoms with E-state index in [0.717, 1.165) is 33.5 Å². The largest absolute Gasteiger partial charge is 0.304 e. The summed E-state index contributed by atoms with van der Waals surface area (Å²) in [6, 6.07) is 44.1. The molecule has 6 aromatic carbocycles. The Balaban J connectivity index is 0.000000254. The summed E-state index contributed by atoms with van der Waals surface area (Å²) in [6.45, 7) is 17.7. The first-order chi connectivity index (χ1) is 31.3. The van der Waals surface area contributed by atoms with Gasteiger partial charge in [0.05, 0.1) is 11.6 Å². The second-order valence-corrected chi connectivity index (χ2v) is 30.9. The van der Waals surface area contributed by atoms with Crippen LogP contribution in [0.3, 0.4) is 0 Å². The van der Waals surface area contributed by atoms with E-state index < -0.39 is 19.1 Å². The summed E-state index contributed by atoms with van der Waals surface area (Å²) in [5.74, 6) is 7.66. The van der Waals surface area contributed by atoms with Gasteiger partial charge in [0.2, 0.25) is 0 Å². The van der Waals surface area contributed by atoms with E-state index in [1.54, 1.807) is 24.4 Å². The SMILES string of the molecule is CC(C)c1cc(-c2cc[c]([Ge]([CH3])([CH3])[CH3])cc2)cc(C(C)C)c1-n1c(-c2[c-]ccc3c2oc2cc(C#N)cc(F)c23)nc2ccccc21.CC1(C)c2cc(F)c[c-]c2-c2ncccc2C1(C)C.[Ir]. The predicted octanol–water partition coefficient (Wildman–Crippen LogP) is 15.1. The van der Waals surface area contributed by atoms with Crippen LogP contribution in [-0.2, 0) is 30.9 Å². The van der Waals surface area contributed by atoms with Crippen molar-refractivity contribution < 1.29 is 33.3 Å². The molecule has 67 heavy (non-hydrogen) atoms. The molecule has 9 aromatic rings. The van der Waals surface area contributed by atoms with Crippen LogP contribution < -0.4 is 4.40 Å². The molecule has 1 aliphatic rings. The molecule has 0 spiro atoms. The Morgan fingerprint density at radius 2 is 1.43 bits per heavy atom. The molecule has 0 fully saturated rings. The second kappa shape index (κ2) is 17.7. The monoisotopic (exact) mass is 1130 g/mol. The fourth-order valence-corrected chi connectivity index (χ4v) is 12.0. The van der Waals surface area contributed by atoms with Gasteiger partial charge in [-0.15, -0.1) is 41.5 Å². The predicted molar refractivity (Wildman–Crippen MR) is 268 cm³/mol. The summed E-state index contributed by atoms with van der Waals surface area (Å²) in [5, 5.41) is 10.5. The number of nitrogens with zero attached hydrogens (tertiary/aromatic N) is 4. The number of hydrogen-bond acceptors (Lipinski definition) is 4. The first-order valence-corrected chi connectivity index (χ1v) is 30.1. The zero-order valence-electron chi connectivity index (χ0n) is 39.9. The third-order valence-electron chi connectivity index (χ3n) is 14.0. The van der Waals surface area contributed by atoms with Crippen LogP contribution in [0.15, 0.2) is 120 Å². The minimum absolute atomic E-state index is 0. The zero-order valence-corrected chi connectivity index (χ0v) is 44.4. The summed E-state index contributed by atoms with van der Waals surface area (Å²) in [4.78, 5) is 9.68. The number of imidazole rings is 1. The normalized spacial score (nSPS) is 13.8. The van der Waals surface area contributed by atoms with Crippen LogP contribution in [0.5, 0.6) is 0 Å². The van der Waals surface area contributed by atoms with Crippen LogP contribution in [0.25, 0.3) is 72.4 Å². The number of para-hydroxylation sites is 2. The molecule has 0 amide bonds. The van der Waals surface area contributed by atoms with E-state index in [1.165, 1.54) is 44.3 Å². The Morgan fingerprint density at radius 1 is 0.761 bits per heavy atom. The van der Waals surface area contributed by atoms with E-state index >= 15 is 4.39 Å². The van der Waals surface area contributed by atoms with E-state index in [0.29, 0.717) is 33.3 Å². The molecule has 1 aliphatic carbocycles. The van der Waals surface area contributed by atoms with Gasteiger partial charge in [-0.3, -0.25) is 4.39 Å². The number of fused-ring (bicyclic) bond motifs is 7. The molecular weight excluding hydrogens is 1070 g/mol. The average Bonchev–Trinajstić information content (AvgIpc) is 3.87. The summed E-state index contributed by atoms with van der Waals surface area (Å²) in [7, 11) is 0. The third-order valence-corrected chi connectivity index (χ3v) is 18.3. The maximum absolute atomic E-state index is 15.3. The number of hydrogen-bond donors (Lipinski definition) is 0. The zero-order chi connectivity index (χ0) is 47.0. The maximum Gasteiger partial charge on any atom is 0.0382 e. The smallest absolute Gasteiger partial charge is 0.0382 e. The van der Waals surface area contributed by atoms with Crippen molar-refractivity contribution in [2.75, 3.05) is 0 Å². The van der Waals surface area contributed by atoms with Crippen LogP contribution >= 0.6 is 0 Å². The number of aromatic nitrogens is 3. The topological polar surface area (TPSA) is 67.6 Å². The molecule has 0 unspecified atom stereocenters. The molecular formula is C58H54F2GeIrN4O-2. The van der Waals surface area contributed by atoms with Gasteiger partial charge in [-0.05, 0) is 34.7 Å². The summed E-state index contributed by atoms with van der Waals surface area (Å²) in [5.41, 5.74) is 13.2. The molecule has 3 aromatic heterocycles. The molecule has 5 nitrogen and oxygen atoms in total. The maximum atomic E-state index is 15.3. The Morgan fingerprint density at radius 3 is 2.09 bits per heavy atom. The van der Waals surface area contributed by atoms with Crippen LogP contribution in [0.2, 0.25) is 17.3 Å². The number of rotatable bonds is 6. The minimum Gasteiger partial charge on any atom is -0.304 e. The summed E-state index contributed by atoms with van der Waals surface area (Å²) in [6.07, 6.45) is 1.79. The first-order valence-electron chi connectivity index (χ1n) is 22.7. The van der Waals surface area contributed by atoms with Crippen LogP contribution in [0, 0.1) is 35.1 Å². The molecule has 3 heterocycles. The van der Waals surface area contributed by atoms with Gasteiger partial charge in [0.15, 0.2) is 0 Å². The molecule has 0 N–H and O–H groups in total. The molecule has 0 saturated carbocycles. The molecule has 0 bridgehead atoms.